The minimum atomic E-state index is 0.0303. The van der Waals surface area contributed by atoms with E-state index in [0.717, 1.165) is 12.8 Å². The monoisotopic (exact) mass is 233 g/mol. The van der Waals surface area contributed by atoms with Crippen LogP contribution in [0.2, 0.25) is 0 Å². The van der Waals surface area contributed by atoms with Gasteiger partial charge in [0.15, 0.2) is 0 Å². The Morgan fingerprint density at radius 3 is 2.59 bits per heavy atom. The van der Waals surface area contributed by atoms with Crippen LogP contribution in [0.5, 0.6) is 0 Å². The standard InChI is InChI=1S/C15H23NO/c1-12-5-4-6-13(9-12)14(10-16)15(11-17)7-2-3-8-15/h4-6,9,14,17H,2-3,7-8,10-11,16H2,1H3. The van der Waals surface area contributed by atoms with E-state index in [1.807, 2.05) is 0 Å². The summed E-state index contributed by atoms with van der Waals surface area (Å²) in [4.78, 5) is 0. The van der Waals surface area contributed by atoms with E-state index in [1.54, 1.807) is 0 Å². The van der Waals surface area contributed by atoms with Crippen molar-refractivity contribution in [3.05, 3.63) is 35.4 Å². The summed E-state index contributed by atoms with van der Waals surface area (Å²) < 4.78 is 0. The van der Waals surface area contributed by atoms with E-state index in [2.05, 4.69) is 31.2 Å². The number of nitrogens with two attached hydrogens (primary N) is 1. The molecule has 1 aromatic rings. The fraction of sp³-hybridized carbons (Fsp3) is 0.600. The average molecular weight is 233 g/mol. The minimum absolute atomic E-state index is 0.0303. The predicted octanol–water partition coefficient (Wildman–Crippen LogP) is 2.59. The normalized spacial score (nSPS) is 20.4. The molecule has 0 amide bonds. The molecule has 2 rings (SSSR count). The van der Waals surface area contributed by atoms with Crippen molar-refractivity contribution in [1.82, 2.24) is 0 Å². The summed E-state index contributed by atoms with van der Waals surface area (Å²) in [6, 6.07) is 8.57. The highest BCUT2D eigenvalue weighted by atomic mass is 16.3. The molecule has 0 saturated heterocycles. The first-order valence-corrected chi connectivity index (χ1v) is 6.59. The molecule has 2 heteroatoms. The van der Waals surface area contributed by atoms with Gasteiger partial charge in [0.05, 0.1) is 0 Å². The van der Waals surface area contributed by atoms with Crippen molar-refractivity contribution >= 4 is 0 Å². The number of aliphatic hydroxyl groups is 1. The van der Waals surface area contributed by atoms with Gasteiger partial charge in [-0.25, -0.2) is 0 Å². The lowest BCUT2D eigenvalue weighted by molar-refractivity contribution is 0.102. The highest BCUT2D eigenvalue weighted by Gasteiger charge is 2.40. The van der Waals surface area contributed by atoms with Crippen molar-refractivity contribution in [3.63, 3.8) is 0 Å². The Hall–Kier alpha value is -0.860. The van der Waals surface area contributed by atoms with Gasteiger partial charge in [0.2, 0.25) is 0 Å². The van der Waals surface area contributed by atoms with Crippen LogP contribution in [-0.4, -0.2) is 18.3 Å². The van der Waals surface area contributed by atoms with Gasteiger partial charge >= 0.3 is 0 Å². The first-order chi connectivity index (χ1) is 8.22. The van der Waals surface area contributed by atoms with Crippen molar-refractivity contribution in [2.24, 2.45) is 11.1 Å². The van der Waals surface area contributed by atoms with E-state index in [0.29, 0.717) is 12.5 Å². The van der Waals surface area contributed by atoms with Crippen LogP contribution in [-0.2, 0) is 0 Å². The Morgan fingerprint density at radius 2 is 2.06 bits per heavy atom. The molecule has 0 bridgehead atoms. The Bertz CT molecular complexity index is 369. The molecule has 1 aliphatic rings. The highest BCUT2D eigenvalue weighted by Crippen LogP contribution is 2.48. The van der Waals surface area contributed by atoms with E-state index in [4.69, 9.17) is 5.73 Å². The van der Waals surface area contributed by atoms with Crippen LogP contribution in [0.15, 0.2) is 24.3 Å². The summed E-state index contributed by atoms with van der Waals surface area (Å²) in [5.41, 5.74) is 8.58. The van der Waals surface area contributed by atoms with Gasteiger partial charge in [-0.15, -0.1) is 0 Å². The maximum absolute atomic E-state index is 9.79. The summed E-state index contributed by atoms with van der Waals surface area (Å²) in [6.45, 7) is 3.00. The third kappa shape index (κ3) is 2.38. The fourth-order valence-electron chi connectivity index (χ4n) is 3.32. The molecule has 0 aromatic heterocycles. The second-order valence-corrected chi connectivity index (χ2v) is 5.43. The first kappa shape index (κ1) is 12.6. The molecular weight excluding hydrogens is 210 g/mol. The van der Waals surface area contributed by atoms with E-state index in [-0.39, 0.29) is 12.0 Å². The summed E-state index contributed by atoms with van der Waals surface area (Å²) in [5.74, 6) is 0.301. The van der Waals surface area contributed by atoms with E-state index in [1.165, 1.54) is 24.0 Å². The maximum Gasteiger partial charge on any atom is 0.0493 e. The van der Waals surface area contributed by atoms with Gasteiger partial charge in [0.1, 0.15) is 0 Å². The van der Waals surface area contributed by atoms with E-state index >= 15 is 0 Å². The van der Waals surface area contributed by atoms with Gasteiger partial charge in [-0.05, 0) is 31.9 Å². The second kappa shape index (κ2) is 5.19. The van der Waals surface area contributed by atoms with Crippen molar-refractivity contribution in [2.75, 3.05) is 13.2 Å². The molecule has 1 fully saturated rings. The summed E-state index contributed by atoms with van der Waals surface area (Å²) in [7, 11) is 0. The minimum Gasteiger partial charge on any atom is -0.396 e. The summed E-state index contributed by atoms with van der Waals surface area (Å²) >= 11 is 0. The summed E-state index contributed by atoms with van der Waals surface area (Å²) in [6.07, 6.45) is 4.67. The highest BCUT2D eigenvalue weighted by molar-refractivity contribution is 5.28. The molecule has 0 aliphatic heterocycles. The molecule has 1 saturated carbocycles. The van der Waals surface area contributed by atoms with Gasteiger partial charge in [-0.1, -0.05) is 42.7 Å². The maximum atomic E-state index is 9.79. The average Bonchev–Trinajstić information content (AvgIpc) is 2.80. The van der Waals surface area contributed by atoms with Crippen LogP contribution in [0.3, 0.4) is 0 Å². The van der Waals surface area contributed by atoms with Crippen LogP contribution in [0, 0.1) is 12.3 Å². The molecular formula is C15H23NO. The molecule has 17 heavy (non-hydrogen) atoms. The van der Waals surface area contributed by atoms with Crippen molar-refractivity contribution < 1.29 is 5.11 Å². The number of hydrogen-bond acceptors (Lipinski definition) is 2. The molecule has 0 radical (unpaired) electrons. The van der Waals surface area contributed by atoms with Crippen LogP contribution in [0.4, 0.5) is 0 Å². The lowest BCUT2D eigenvalue weighted by atomic mass is 9.71. The van der Waals surface area contributed by atoms with E-state index < -0.39 is 0 Å². The fourth-order valence-corrected chi connectivity index (χ4v) is 3.32. The molecule has 0 spiro atoms. The Labute approximate surface area is 104 Å². The number of benzene rings is 1. The largest absolute Gasteiger partial charge is 0.396 e. The third-order valence-electron chi connectivity index (χ3n) is 4.33. The van der Waals surface area contributed by atoms with Crippen molar-refractivity contribution in [1.29, 1.82) is 0 Å². The number of rotatable bonds is 4. The predicted molar refractivity (Wildman–Crippen MR) is 71.0 cm³/mol. The molecule has 1 aliphatic carbocycles. The second-order valence-electron chi connectivity index (χ2n) is 5.43. The molecule has 94 valence electrons. The Kier molecular flexibility index (Phi) is 3.85. The molecule has 1 unspecified atom stereocenters. The smallest absolute Gasteiger partial charge is 0.0493 e. The number of hydrogen-bond donors (Lipinski definition) is 2. The van der Waals surface area contributed by atoms with E-state index in [9.17, 15) is 5.11 Å². The van der Waals surface area contributed by atoms with Crippen LogP contribution in [0.25, 0.3) is 0 Å². The Balaban J connectivity index is 2.32. The first-order valence-electron chi connectivity index (χ1n) is 6.59. The topological polar surface area (TPSA) is 46.2 Å². The van der Waals surface area contributed by atoms with Crippen molar-refractivity contribution in [2.45, 2.75) is 38.5 Å². The van der Waals surface area contributed by atoms with Gasteiger partial charge < -0.3 is 10.8 Å². The summed E-state index contributed by atoms with van der Waals surface area (Å²) in [5, 5.41) is 9.79. The van der Waals surface area contributed by atoms with Gasteiger partial charge in [0, 0.05) is 17.9 Å². The zero-order chi connectivity index (χ0) is 12.3. The van der Waals surface area contributed by atoms with Gasteiger partial charge in [-0.3, -0.25) is 0 Å². The van der Waals surface area contributed by atoms with Crippen LogP contribution in [0.1, 0.15) is 42.7 Å². The van der Waals surface area contributed by atoms with Gasteiger partial charge in [0.25, 0.3) is 0 Å². The third-order valence-corrected chi connectivity index (χ3v) is 4.33. The quantitative estimate of drug-likeness (QED) is 0.839. The lowest BCUT2D eigenvalue weighted by Gasteiger charge is -2.36. The lowest BCUT2D eigenvalue weighted by Crippen LogP contribution is -2.34. The SMILES string of the molecule is Cc1cccc(C(CN)C2(CO)CCCC2)c1. The zero-order valence-corrected chi connectivity index (χ0v) is 10.7. The van der Waals surface area contributed by atoms with Crippen LogP contribution < -0.4 is 5.73 Å². The van der Waals surface area contributed by atoms with Crippen LogP contribution >= 0.6 is 0 Å². The number of aryl methyl sites for hydroxylation is 1. The van der Waals surface area contributed by atoms with Gasteiger partial charge in [-0.2, -0.15) is 0 Å². The Morgan fingerprint density at radius 1 is 1.35 bits per heavy atom. The molecule has 0 heterocycles. The molecule has 1 aromatic carbocycles. The van der Waals surface area contributed by atoms with Crippen molar-refractivity contribution in [3.8, 4) is 0 Å². The zero-order valence-electron chi connectivity index (χ0n) is 10.7. The molecule has 1 atom stereocenters. The number of aliphatic hydroxyl groups excluding tert-OH is 1. The molecule has 3 N–H and O–H groups in total. The molecule has 2 nitrogen and oxygen atoms in total.